The first-order chi connectivity index (χ1) is 16.2. The van der Waals surface area contributed by atoms with Crippen LogP contribution in [0.2, 0.25) is 0 Å². The molecule has 3 rings (SSSR count). The van der Waals surface area contributed by atoms with Gasteiger partial charge in [0.25, 0.3) is 11.5 Å². The Morgan fingerprint density at radius 3 is 2.65 bits per heavy atom. The molecule has 2 aromatic rings. The topological polar surface area (TPSA) is 107 Å². The lowest BCUT2D eigenvalue weighted by Gasteiger charge is -2.18. The molecule has 0 saturated carbocycles. The summed E-state index contributed by atoms with van der Waals surface area (Å²) >= 11 is 0. The van der Waals surface area contributed by atoms with Crippen molar-refractivity contribution in [3.05, 3.63) is 45.2 Å². The number of methoxy groups -OCH3 is 1. The number of fused-ring (bicyclic) bond motifs is 1. The van der Waals surface area contributed by atoms with E-state index in [-0.39, 0.29) is 35.0 Å². The van der Waals surface area contributed by atoms with Gasteiger partial charge in [-0.25, -0.2) is 4.79 Å². The Morgan fingerprint density at radius 1 is 1.21 bits per heavy atom. The third-order valence-corrected chi connectivity index (χ3v) is 5.66. The predicted octanol–water partition coefficient (Wildman–Crippen LogP) is 1.85. The molecule has 10 heteroatoms. The maximum absolute atomic E-state index is 13.1. The second-order valence-electron chi connectivity index (χ2n) is 9.14. The molecule has 0 bridgehead atoms. The molecular weight excluding hydrogens is 440 g/mol. The molecule has 0 atom stereocenters. The lowest BCUT2D eigenvalue weighted by Crippen LogP contribution is -2.34. The zero-order valence-electron chi connectivity index (χ0n) is 20.6. The van der Waals surface area contributed by atoms with Crippen molar-refractivity contribution in [2.24, 2.45) is 5.92 Å². The SMILES string of the molecule is COC(=O)c1c(OCCCN(C)C)cc(=O)n2c1CCN(C(=O)c1cc(CC(C)C)on1)CC2. The van der Waals surface area contributed by atoms with Crippen molar-refractivity contribution in [2.45, 2.75) is 39.7 Å². The minimum absolute atomic E-state index is 0.219. The van der Waals surface area contributed by atoms with E-state index in [4.69, 9.17) is 14.0 Å². The van der Waals surface area contributed by atoms with E-state index < -0.39 is 5.97 Å². The van der Waals surface area contributed by atoms with Crippen molar-refractivity contribution in [1.29, 1.82) is 0 Å². The number of carbonyl (C=O) groups is 2. The monoisotopic (exact) mass is 474 g/mol. The first-order valence-electron chi connectivity index (χ1n) is 11.6. The number of amides is 1. The molecule has 10 nitrogen and oxygen atoms in total. The van der Waals surface area contributed by atoms with Crippen LogP contribution in [0.25, 0.3) is 0 Å². The Labute approximate surface area is 199 Å². The van der Waals surface area contributed by atoms with Crippen LogP contribution in [-0.4, -0.2) is 78.8 Å². The molecule has 0 saturated heterocycles. The van der Waals surface area contributed by atoms with Gasteiger partial charge >= 0.3 is 5.97 Å². The summed E-state index contributed by atoms with van der Waals surface area (Å²) in [5.74, 6) is 0.431. The molecule has 0 fully saturated rings. The number of hydrogen-bond donors (Lipinski definition) is 0. The van der Waals surface area contributed by atoms with Gasteiger partial charge in [-0.2, -0.15) is 0 Å². The fourth-order valence-electron chi connectivity index (χ4n) is 4.03. The van der Waals surface area contributed by atoms with Crippen molar-refractivity contribution in [2.75, 3.05) is 47.4 Å². The largest absolute Gasteiger partial charge is 0.492 e. The fourth-order valence-corrected chi connectivity index (χ4v) is 4.03. The minimum atomic E-state index is -0.569. The zero-order valence-corrected chi connectivity index (χ0v) is 20.6. The molecule has 3 heterocycles. The Morgan fingerprint density at radius 2 is 1.97 bits per heavy atom. The van der Waals surface area contributed by atoms with Crippen molar-refractivity contribution < 1.29 is 23.6 Å². The molecule has 1 aliphatic heterocycles. The van der Waals surface area contributed by atoms with Gasteiger partial charge in [0.05, 0.1) is 13.7 Å². The van der Waals surface area contributed by atoms with Gasteiger partial charge in [-0.15, -0.1) is 0 Å². The summed E-state index contributed by atoms with van der Waals surface area (Å²) in [5, 5.41) is 3.94. The Balaban J connectivity index is 1.82. The molecule has 0 radical (unpaired) electrons. The van der Waals surface area contributed by atoms with Crippen molar-refractivity contribution in [3.63, 3.8) is 0 Å². The minimum Gasteiger partial charge on any atom is -0.492 e. The number of ether oxygens (including phenoxy) is 2. The van der Waals surface area contributed by atoms with E-state index in [0.717, 1.165) is 13.0 Å². The van der Waals surface area contributed by atoms with Gasteiger partial charge in [0.15, 0.2) is 5.69 Å². The highest BCUT2D eigenvalue weighted by Gasteiger charge is 2.28. The average Bonchev–Trinajstić information content (AvgIpc) is 3.12. The molecule has 34 heavy (non-hydrogen) atoms. The normalized spacial score (nSPS) is 13.7. The number of nitrogens with zero attached hydrogens (tertiary/aromatic N) is 4. The molecule has 1 amide bonds. The van der Waals surface area contributed by atoms with Crippen LogP contribution in [0.3, 0.4) is 0 Å². The highest BCUT2D eigenvalue weighted by atomic mass is 16.5. The number of hydrogen-bond acceptors (Lipinski definition) is 8. The molecule has 186 valence electrons. The second kappa shape index (κ2) is 11.3. The highest BCUT2D eigenvalue weighted by molar-refractivity contribution is 5.94. The summed E-state index contributed by atoms with van der Waals surface area (Å²) in [6, 6.07) is 3.00. The number of rotatable bonds is 9. The first-order valence-corrected chi connectivity index (χ1v) is 11.6. The molecule has 0 aliphatic carbocycles. The zero-order chi connectivity index (χ0) is 24.8. The number of carbonyl (C=O) groups excluding carboxylic acids is 2. The van der Waals surface area contributed by atoms with E-state index in [1.165, 1.54) is 17.7 Å². The standard InChI is InChI=1S/C24H34N4O6/c1-16(2)13-17-14-18(25-34-17)23(30)27-9-7-19-22(24(31)32-5)20(33-12-6-8-26(3)4)15-21(29)28(19)11-10-27/h14-16H,6-13H2,1-5H3. The third-order valence-electron chi connectivity index (χ3n) is 5.66. The Bertz CT molecular complexity index is 1070. The number of aromatic nitrogens is 2. The lowest BCUT2D eigenvalue weighted by molar-refractivity contribution is 0.0592. The van der Waals surface area contributed by atoms with Crippen molar-refractivity contribution >= 4 is 11.9 Å². The second-order valence-corrected chi connectivity index (χ2v) is 9.14. The fraction of sp³-hybridized carbons (Fsp3) is 0.583. The van der Waals surface area contributed by atoms with Crippen LogP contribution in [0, 0.1) is 5.92 Å². The summed E-state index contributed by atoms with van der Waals surface area (Å²) in [6.07, 6.45) is 1.74. The van der Waals surface area contributed by atoms with Gasteiger partial charge in [-0.1, -0.05) is 19.0 Å². The van der Waals surface area contributed by atoms with Crippen LogP contribution >= 0.6 is 0 Å². The van der Waals surface area contributed by atoms with Crippen LogP contribution in [0.1, 0.15) is 52.6 Å². The maximum atomic E-state index is 13.1. The summed E-state index contributed by atoms with van der Waals surface area (Å²) in [7, 11) is 5.23. The summed E-state index contributed by atoms with van der Waals surface area (Å²) in [6.45, 7) is 6.18. The maximum Gasteiger partial charge on any atom is 0.343 e. The van der Waals surface area contributed by atoms with Gasteiger partial charge in [0, 0.05) is 56.8 Å². The third kappa shape index (κ3) is 6.05. The molecule has 0 spiro atoms. The van der Waals surface area contributed by atoms with Crippen LogP contribution in [0.15, 0.2) is 21.5 Å². The average molecular weight is 475 g/mol. The van der Waals surface area contributed by atoms with E-state index in [1.807, 2.05) is 19.0 Å². The van der Waals surface area contributed by atoms with E-state index in [9.17, 15) is 14.4 Å². The van der Waals surface area contributed by atoms with Crippen LogP contribution in [0.5, 0.6) is 5.75 Å². The van der Waals surface area contributed by atoms with Gasteiger partial charge in [-0.05, 0) is 26.4 Å². The summed E-state index contributed by atoms with van der Waals surface area (Å²) < 4.78 is 17.7. The lowest BCUT2D eigenvalue weighted by atomic mass is 10.1. The van der Waals surface area contributed by atoms with Gasteiger partial charge in [0.1, 0.15) is 17.1 Å². The molecule has 0 unspecified atom stereocenters. The molecule has 0 N–H and O–H groups in total. The van der Waals surface area contributed by atoms with Crippen molar-refractivity contribution in [1.82, 2.24) is 19.5 Å². The molecule has 2 aromatic heterocycles. The van der Waals surface area contributed by atoms with Gasteiger partial charge in [-0.3, -0.25) is 9.59 Å². The molecular formula is C24H34N4O6. The first kappa shape index (κ1) is 25.5. The van der Waals surface area contributed by atoms with Gasteiger partial charge in [0.2, 0.25) is 0 Å². The van der Waals surface area contributed by atoms with Crippen molar-refractivity contribution in [3.8, 4) is 5.75 Å². The predicted molar refractivity (Wildman–Crippen MR) is 125 cm³/mol. The van der Waals surface area contributed by atoms with E-state index in [1.54, 1.807) is 11.0 Å². The van der Waals surface area contributed by atoms with E-state index in [2.05, 4.69) is 19.0 Å². The van der Waals surface area contributed by atoms with Crippen LogP contribution in [-0.2, 0) is 24.1 Å². The molecule has 0 aromatic carbocycles. The summed E-state index contributed by atoms with van der Waals surface area (Å²) in [5.41, 5.74) is 0.715. The Hall–Kier alpha value is -3.14. The number of pyridine rings is 1. The van der Waals surface area contributed by atoms with E-state index >= 15 is 0 Å². The molecule has 1 aliphatic rings. The van der Waals surface area contributed by atoms with Crippen LogP contribution < -0.4 is 10.3 Å². The smallest absolute Gasteiger partial charge is 0.343 e. The highest BCUT2D eigenvalue weighted by Crippen LogP contribution is 2.24. The quantitative estimate of drug-likeness (QED) is 0.400. The Kier molecular flexibility index (Phi) is 8.49. The van der Waals surface area contributed by atoms with E-state index in [0.29, 0.717) is 49.9 Å². The van der Waals surface area contributed by atoms with Crippen LogP contribution in [0.4, 0.5) is 0 Å². The summed E-state index contributed by atoms with van der Waals surface area (Å²) in [4.78, 5) is 42.3. The van der Waals surface area contributed by atoms with Gasteiger partial charge < -0.3 is 28.4 Å². The number of esters is 1.